The Hall–Kier alpha value is -1.66. The van der Waals surface area contributed by atoms with Gasteiger partial charge >= 0.3 is 6.03 Å². The molecule has 22 heavy (non-hydrogen) atoms. The highest BCUT2D eigenvalue weighted by molar-refractivity contribution is 7.09. The van der Waals surface area contributed by atoms with Gasteiger partial charge in [0.25, 0.3) is 0 Å². The molecule has 2 rings (SSSR count). The lowest BCUT2D eigenvalue weighted by molar-refractivity contribution is 0.203. The van der Waals surface area contributed by atoms with Crippen molar-refractivity contribution in [3.63, 3.8) is 0 Å². The summed E-state index contributed by atoms with van der Waals surface area (Å²) in [7, 11) is 1.70. The molecule has 0 bridgehead atoms. The average Bonchev–Trinajstić information content (AvgIpc) is 2.86. The van der Waals surface area contributed by atoms with E-state index in [4.69, 9.17) is 11.6 Å². The van der Waals surface area contributed by atoms with Crippen molar-refractivity contribution in [2.24, 2.45) is 0 Å². The van der Waals surface area contributed by atoms with Gasteiger partial charge in [-0.2, -0.15) is 0 Å². The molecule has 2 aromatic rings. The van der Waals surface area contributed by atoms with E-state index in [-0.39, 0.29) is 17.1 Å². The molecule has 0 aliphatic heterocycles. The summed E-state index contributed by atoms with van der Waals surface area (Å²) < 4.78 is 13.2. The van der Waals surface area contributed by atoms with Crippen LogP contribution in [0.1, 0.15) is 29.2 Å². The molecule has 1 aromatic carbocycles. The number of thiazole rings is 1. The standard InChI is InChI=1S/C15H17ClFN3OS/c1-9(11-4-5-14(17)13(16)6-11)18-15(21)20(3)7-12-8-22-10(2)19-12/h4-6,8-9H,7H2,1-3H3,(H,18,21). The number of benzene rings is 1. The fourth-order valence-corrected chi connectivity index (χ4v) is 2.75. The van der Waals surface area contributed by atoms with Crippen molar-refractivity contribution in [1.29, 1.82) is 0 Å². The fraction of sp³-hybridized carbons (Fsp3) is 0.333. The number of carbonyl (C=O) groups is 1. The molecule has 0 aliphatic carbocycles. The van der Waals surface area contributed by atoms with E-state index in [0.717, 1.165) is 16.3 Å². The van der Waals surface area contributed by atoms with E-state index in [2.05, 4.69) is 10.3 Å². The predicted molar refractivity (Wildman–Crippen MR) is 86.7 cm³/mol. The summed E-state index contributed by atoms with van der Waals surface area (Å²) in [5, 5.41) is 5.80. The van der Waals surface area contributed by atoms with Gasteiger partial charge in [-0.15, -0.1) is 11.3 Å². The van der Waals surface area contributed by atoms with Gasteiger partial charge in [0.15, 0.2) is 0 Å². The Morgan fingerprint density at radius 3 is 2.86 bits per heavy atom. The summed E-state index contributed by atoms with van der Waals surface area (Å²) in [6, 6.07) is 3.92. The molecular formula is C15H17ClFN3OS. The first-order valence-corrected chi connectivity index (χ1v) is 8.00. The van der Waals surface area contributed by atoms with Crippen LogP contribution in [0.4, 0.5) is 9.18 Å². The highest BCUT2D eigenvalue weighted by Gasteiger charge is 2.15. The fourth-order valence-electron chi connectivity index (χ4n) is 1.96. The van der Waals surface area contributed by atoms with Crippen LogP contribution in [0.2, 0.25) is 5.02 Å². The van der Waals surface area contributed by atoms with Crippen LogP contribution in [0.15, 0.2) is 23.6 Å². The van der Waals surface area contributed by atoms with Crippen molar-refractivity contribution >= 4 is 29.0 Å². The zero-order valence-electron chi connectivity index (χ0n) is 12.6. The Balaban J connectivity index is 1.96. The van der Waals surface area contributed by atoms with E-state index >= 15 is 0 Å². The lowest BCUT2D eigenvalue weighted by atomic mass is 10.1. The molecule has 118 valence electrons. The number of halogens is 2. The smallest absolute Gasteiger partial charge is 0.317 e. The molecule has 2 amide bonds. The Morgan fingerprint density at radius 1 is 1.55 bits per heavy atom. The first kappa shape index (κ1) is 16.7. The third-order valence-corrected chi connectivity index (χ3v) is 4.31. The number of aromatic nitrogens is 1. The van der Waals surface area contributed by atoms with Crippen LogP contribution >= 0.6 is 22.9 Å². The maximum Gasteiger partial charge on any atom is 0.317 e. The molecule has 7 heteroatoms. The first-order valence-electron chi connectivity index (χ1n) is 6.74. The van der Waals surface area contributed by atoms with Crippen LogP contribution in [0.5, 0.6) is 0 Å². The molecule has 0 aliphatic rings. The van der Waals surface area contributed by atoms with Crippen molar-refractivity contribution in [2.45, 2.75) is 26.4 Å². The van der Waals surface area contributed by atoms with Crippen molar-refractivity contribution < 1.29 is 9.18 Å². The van der Waals surface area contributed by atoms with E-state index in [9.17, 15) is 9.18 Å². The van der Waals surface area contributed by atoms with Gasteiger partial charge in [0, 0.05) is 12.4 Å². The molecule has 0 fully saturated rings. The molecule has 0 saturated carbocycles. The largest absolute Gasteiger partial charge is 0.331 e. The third-order valence-electron chi connectivity index (χ3n) is 3.20. The number of amides is 2. The van der Waals surface area contributed by atoms with Gasteiger partial charge in [0.2, 0.25) is 0 Å². The minimum absolute atomic E-state index is 0.0462. The molecule has 1 unspecified atom stereocenters. The zero-order chi connectivity index (χ0) is 16.3. The molecule has 1 atom stereocenters. The normalized spacial score (nSPS) is 12.0. The van der Waals surface area contributed by atoms with Crippen molar-refractivity contribution in [3.8, 4) is 0 Å². The van der Waals surface area contributed by atoms with Gasteiger partial charge in [-0.05, 0) is 31.5 Å². The first-order chi connectivity index (χ1) is 10.4. The van der Waals surface area contributed by atoms with Crippen LogP contribution in [-0.2, 0) is 6.54 Å². The Morgan fingerprint density at radius 2 is 2.27 bits per heavy atom. The SMILES string of the molecule is Cc1nc(CN(C)C(=O)NC(C)c2ccc(F)c(Cl)c2)cs1. The van der Waals surface area contributed by atoms with Crippen LogP contribution in [0, 0.1) is 12.7 Å². The number of carbonyl (C=O) groups excluding carboxylic acids is 1. The number of urea groups is 1. The highest BCUT2D eigenvalue weighted by Crippen LogP contribution is 2.21. The quantitative estimate of drug-likeness (QED) is 0.908. The molecule has 0 radical (unpaired) electrons. The Kier molecular flexibility index (Phi) is 5.37. The molecule has 1 N–H and O–H groups in total. The van der Waals surface area contributed by atoms with Gasteiger partial charge < -0.3 is 10.2 Å². The minimum atomic E-state index is -0.472. The van der Waals surface area contributed by atoms with Gasteiger partial charge in [-0.1, -0.05) is 17.7 Å². The van der Waals surface area contributed by atoms with Gasteiger partial charge in [0.1, 0.15) is 5.82 Å². The number of nitrogens with one attached hydrogen (secondary N) is 1. The number of rotatable bonds is 4. The van der Waals surface area contributed by atoms with E-state index in [1.54, 1.807) is 29.4 Å². The summed E-state index contributed by atoms with van der Waals surface area (Å²) in [4.78, 5) is 18.1. The van der Waals surface area contributed by atoms with Crippen LogP contribution in [0.25, 0.3) is 0 Å². The number of aryl methyl sites for hydroxylation is 1. The predicted octanol–water partition coefficient (Wildman–Crippen LogP) is 4.15. The van der Waals surface area contributed by atoms with Crippen molar-refractivity contribution in [1.82, 2.24) is 15.2 Å². The van der Waals surface area contributed by atoms with E-state index in [1.807, 2.05) is 19.2 Å². The maximum atomic E-state index is 13.2. The lowest BCUT2D eigenvalue weighted by Crippen LogP contribution is -2.38. The highest BCUT2D eigenvalue weighted by atomic mass is 35.5. The number of nitrogens with zero attached hydrogens (tertiary/aromatic N) is 2. The summed E-state index contributed by atoms with van der Waals surface area (Å²) in [5.41, 5.74) is 1.61. The monoisotopic (exact) mass is 341 g/mol. The van der Waals surface area contributed by atoms with Crippen LogP contribution in [-0.4, -0.2) is 23.0 Å². The molecule has 1 heterocycles. The Bertz CT molecular complexity index is 677. The average molecular weight is 342 g/mol. The topological polar surface area (TPSA) is 45.2 Å². The minimum Gasteiger partial charge on any atom is -0.331 e. The van der Waals surface area contributed by atoms with E-state index < -0.39 is 5.82 Å². The van der Waals surface area contributed by atoms with Crippen LogP contribution in [0.3, 0.4) is 0 Å². The molecular weight excluding hydrogens is 325 g/mol. The maximum absolute atomic E-state index is 13.2. The second-order valence-electron chi connectivity index (χ2n) is 5.06. The van der Waals surface area contributed by atoms with E-state index in [0.29, 0.717) is 6.54 Å². The lowest BCUT2D eigenvalue weighted by Gasteiger charge is -2.21. The molecule has 4 nitrogen and oxygen atoms in total. The second kappa shape index (κ2) is 7.07. The summed E-state index contributed by atoms with van der Waals surface area (Å²) >= 11 is 7.31. The van der Waals surface area contributed by atoms with Crippen molar-refractivity contribution in [3.05, 3.63) is 50.7 Å². The van der Waals surface area contributed by atoms with Crippen LogP contribution < -0.4 is 5.32 Å². The number of hydrogen-bond acceptors (Lipinski definition) is 3. The van der Waals surface area contributed by atoms with Crippen molar-refractivity contribution in [2.75, 3.05) is 7.05 Å². The van der Waals surface area contributed by atoms with Gasteiger partial charge in [-0.3, -0.25) is 0 Å². The number of hydrogen-bond donors (Lipinski definition) is 1. The van der Waals surface area contributed by atoms with Gasteiger partial charge in [0.05, 0.1) is 28.3 Å². The third kappa shape index (κ3) is 4.18. The molecule has 0 saturated heterocycles. The summed E-state index contributed by atoms with van der Waals surface area (Å²) in [6.07, 6.45) is 0. The molecule has 1 aromatic heterocycles. The Labute approximate surface area is 137 Å². The zero-order valence-corrected chi connectivity index (χ0v) is 14.1. The van der Waals surface area contributed by atoms with Gasteiger partial charge in [-0.25, -0.2) is 14.2 Å². The molecule has 0 spiro atoms. The second-order valence-corrected chi connectivity index (χ2v) is 6.53. The van der Waals surface area contributed by atoms with E-state index in [1.165, 1.54) is 12.1 Å². The summed E-state index contributed by atoms with van der Waals surface area (Å²) in [5.74, 6) is -0.472. The summed E-state index contributed by atoms with van der Waals surface area (Å²) in [6.45, 7) is 4.18.